The molecule has 10 aromatic rings. The average molecular weight is 773 g/mol. The van der Waals surface area contributed by atoms with Gasteiger partial charge in [0.2, 0.25) is 0 Å². The van der Waals surface area contributed by atoms with E-state index in [0.717, 1.165) is 61.0 Å². The van der Waals surface area contributed by atoms with Crippen LogP contribution in [0.2, 0.25) is 0 Å². The van der Waals surface area contributed by atoms with Crippen LogP contribution in [-0.2, 0) is 5.41 Å². The van der Waals surface area contributed by atoms with Crippen LogP contribution in [0.5, 0.6) is 0 Å². The number of hydrogen-bond acceptors (Lipinski definition) is 4. The van der Waals surface area contributed by atoms with Gasteiger partial charge < -0.3 is 8.98 Å². The Bertz CT molecular complexity index is 3420. The number of furan rings is 1. The number of fused-ring (bicyclic) bond motifs is 9. The van der Waals surface area contributed by atoms with Crippen LogP contribution < -0.4 is 0 Å². The molecule has 5 nitrogen and oxygen atoms in total. The maximum Gasteiger partial charge on any atom is 0.167 e. The minimum atomic E-state index is -0.108. The van der Waals surface area contributed by atoms with Gasteiger partial charge in [0.15, 0.2) is 17.5 Å². The zero-order valence-electron chi connectivity index (χ0n) is 33.6. The first kappa shape index (κ1) is 35.5. The molecule has 286 valence electrons. The Kier molecular flexibility index (Phi) is 8.14. The zero-order valence-corrected chi connectivity index (χ0v) is 33.6. The fraction of sp³-hybridized carbons (Fsp3) is 0.0727. The first-order valence-electron chi connectivity index (χ1n) is 20.4. The Balaban J connectivity index is 1.11. The standard InChI is InChI=1S/C55H40N4O/c1-5-6-9-18-34(2)52-56-53(35-19-10-7-11-20-35)58-54(57-52)42-27-17-26-41-40-25-16-24-38(50(40)60-51(41)42)36-29-30-48-44(31-36)45-32-43-39-23-14-15-28-46(39)55(3,4)47(43)33-49(45)59(48)37-21-12-8-13-22-37/h5-33H,1H2,2-4H3/b9-6-,34-18+. The van der Waals surface area contributed by atoms with Crippen molar-refractivity contribution in [2.45, 2.75) is 26.2 Å². The van der Waals surface area contributed by atoms with Gasteiger partial charge in [0, 0.05) is 43.8 Å². The highest BCUT2D eigenvalue weighted by Gasteiger charge is 2.36. The Morgan fingerprint density at radius 3 is 2.00 bits per heavy atom. The van der Waals surface area contributed by atoms with E-state index in [1.165, 1.54) is 38.5 Å². The lowest BCUT2D eigenvalue weighted by Crippen LogP contribution is -2.14. The van der Waals surface area contributed by atoms with E-state index >= 15 is 0 Å². The Morgan fingerprint density at radius 1 is 0.550 bits per heavy atom. The molecule has 0 spiro atoms. The lowest BCUT2D eigenvalue weighted by Gasteiger charge is -2.21. The molecule has 1 aliphatic carbocycles. The third-order valence-corrected chi connectivity index (χ3v) is 12.2. The topological polar surface area (TPSA) is 56.7 Å². The number of allylic oxidation sites excluding steroid dienone is 5. The molecule has 5 heteroatoms. The lowest BCUT2D eigenvalue weighted by molar-refractivity contribution is 0.661. The fourth-order valence-corrected chi connectivity index (χ4v) is 9.20. The molecule has 0 fully saturated rings. The summed E-state index contributed by atoms with van der Waals surface area (Å²) in [6.45, 7) is 10.5. The molecule has 7 aromatic carbocycles. The highest BCUT2D eigenvalue weighted by molar-refractivity contribution is 6.15. The summed E-state index contributed by atoms with van der Waals surface area (Å²) in [5.74, 6) is 1.76. The quantitative estimate of drug-likeness (QED) is 0.151. The molecule has 0 saturated heterocycles. The van der Waals surface area contributed by atoms with Crippen molar-refractivity contribution in [3.05, 3.63) is 199 Å². The smallest absolute Gasteiger partial charge is 0.167 e. The summed E-state index contributed by atoms with van der Waals surface area (Å²) in [4.78, 5) is 15.0. The number of para-hydroxylation sites is 3. The summed E-state index contributed by atoms with van der Waals surface area (Å²) >= 11 is 0. The molecule has 0 radical (unpaired) electrons. The van der Waals surface area contributed by atoms with E-state index in [1.54, 1.807) is 6.08 Å². The number of aromatic nitrogens is 4. The van der Waals surface area contributed by atoms with Gasteiger partial charge >= 0.3 is 0 Å². The molecule has 3 aromatic heterocycles. The summed E-state index contributed by atoms with van der Waals surface area (Å²) < 4.78 is 9.42. The summed E-state index contributed by atoms with van der Waals surface area (Å²) in [6, 6.07) is 54.0. The van der Waals surface area contributed by atoms with Gasteiger partial charge in [0.1, 0.15) is 11.2 Å². The van der Waals surface area contributed by atoms with Crippen molar-refractivity contribution in [1.29, 1.82) is 0 Å². The minimum absolute atomic E-state index is 0.108. The Labute approximate surface area is 348 Å². The van der Waals surface area contributed by atoms with Crippen LogP contribution >= 0.6 is 0 Å². The van der Waals surface area contributed by atoms with Gasteiger partial charge in [-0.3, -0.25) is 0 Å². The minimum Gasteiger partial charge on any atom is -0.455 e. The van der Waals surface area contributed by atoms with E-state index in [9.17, 15) is 0 Å². The predicted octanol–water partition coefficient (Wildman–Crippen LogP) is 14.3. The van der Waals surface area contributed by atoms with Crippen LogP contribution in [0.4, 0.5) is 0 Å². The van der Waals surface area contributed by atoms with Crippen molar-refractivity contribution in [1.82, 2.24) is 19.5 Å². The molecular formula is C55H40N4O. The van der Waals surface area contributed by atoms with Crippen LogP contribution in [0.1, 0.15) is 37.7 Å². The van der Waals surface area contributed by atoms with E-state index in [2.05, 4.69) is 140 Å². The first-order valence-corrected chi connectivity index (χ1v) is 20.4. The molecule has 3 heterocycles. The monoisotopic (exact) mass is 772 g/mol. The first-order chi connectivity index (χ1) is 29.4. The van der Waals surface area contributed by atoms with Crippen LogP contribution in [0.3, 0.4) is 0 Å². The van der Waals surface area contributed by atoms with Gasteiger partial charge in [-0.25, -0.2) is 15.0 Å². The van der Waals surface area contributed by atoms with Crippen molar-refractivity contribution < 1.29 is 4.42 Å². The largest absolute Gasteiger partial charge is 0.455 e. The molecule has 0 N–H and O–H groups in total. The van der Waals surface area contributed by atoms with Gasteiger partial charge in [0.05, 0.1) is 16.6 Å². The maximum atomic E-state index is 7.00. The van der Waals surface area contributed by atoms with Gasteiger partial charge in [-0.05, 0) is 82.8 Å². The van der Waals surface area contributed by atoms with Crippen molar-refractivity contribution in [3.63, 3.8) is 0 Å². The molecule has 0 bridgehead atoms. The lowest BCUT2D eigenvalue weighted by atomic mass is 9.82. The van der Waals surface area contributed by atoms with E-state index < -0.39 is 0 Å². The maximum absolute atomic E-state index is 7.00. The number of rotatable bonds is 7. The van der Waals surface area contributed by atoms with Crippen LogP contribution in [0.15, 0.2) is 187 Å². The van der Waals surface area contributed by atoms with Crippen LogP contribution in [0, 0.1) is 0 Å². The molecule has 0 amide bonds. The molecule has 0 saturated carbocycles. The van der Waals surface area contributed by atoms with E-state index in [4.69, 9.17) is 19.4 Å². The van der Waals surface area contributed by atoms with Gasteiger partial charge in [-0.2, -0.15) is 0 Å². The van der Waals surface area contributed by atoms with Crippen LogP contribution in [0.25, 0.3) is 100 Å². The number of benzene rings is 7. The highest BCUT2D eigenvalue weighted by Crippen LogP contribution is 2.51. The van der Waals surface area contributed by atoms with E-state index in [1.807, 2.05) is 61.5 Å². The summed E-state index contributed by atoms with van der Waals surface area (Å²) in [5, 5.41) is 4.47. The zero-order chi connectivity index (χ0) is 40.5. The second-order valence-corrected chi connectivity index (χ2v) is 16.1. The molecule has 0 atom stereocenters. The molecule has 0 aliphatic heterocycles. The van der Waals surface area contributed by atoms with Crippen molar-refractivity contribution in [3.8, 4) is 50.7 Å². The SMILES string of the molecule is C=C/C=C\C=C(/C)c1nc(-c2ccccc2)nc(-c2cccc3c2oc2c(-c4ccc5c(c4)c4cc6c(cc4n5-c4ccccc4)C(C)(C)c4ccccc4-6)cccc23)n1. The summed E-state index contributed by atoms with van der Waals surface area (Å²) in [7, 11) is 0. The molecular weight excluding hydrogens is 733 g/mol. The highest BCUT2D eigenvalue weighted by atomic mass is 16.3. The molecule has 11 rings (SSSR count). The second-order valence-electron chi connectivity index (χ2n) is 16.1. The Morgan fingerprint density at radius 2 is 1.22 bits per heavy atom. The van der Waals surface area contributed by atoms with Gasteiger partial charge in [-0.1, -0.05) is 154 Å². The third kappa shape index (κ3) is 5.50. The van der Waals surface area contributed by atoms with Crippen molar-refractivity contribution in [2.75, 3.05) is 0 Å². The van der Waals surface area contributed by atoms with Gasteiger partial charge in [0.25, 0.3) is 0 Å². The summed E-state index contributed by atoms with van der Waals surface area (Å²) in [6.07, 6.45) is 7.57. The van der Waals surface area contributed by atoms with Gasteiger partial charge in [-0.15, -0.1) is 0 Å². The molecule has 60 heavy (non-hydrogen) atoms. The molecule has 1 aliphatic rings. The number of nitrogens with zero attached hydrogens (tertiary/aromatic N) is 4. The molecule has 0 unspecified atom stereocenters. The third-order valence-electron chi connectivity index (χ3n) is 12.2. The second kappa shape index (κ2) is 13.7. The van der Waals surface area contributed by atoms with Crippen molar-refractivity contribution >= 4 is 49.3 Å². The van der Waals surface area contributed by atoms with Crippen LogP contribution in [-0.4, -0.2) is 19.5 Å². The normalized spacial score (nSPS) is 13.5. The summed E-state index contributed by atoms with van der Waals surface area (Å²) in [5.41, 5.74) is 15.1. The Hall–Kier alpha value is -7.63. The average Bonchev–Trinajstić information content (AvgIpc) is 3.91. The van der Waals surface area contributed by atoms with Crippen molar-refractivity contribution in [2.24, 2.45) is 0 Å². The predicted molar refractivity (Wildman–Crippen MR) is 248 cm³/mol. The van der Waals surface area contributed by atoms with E-state index in [0.29, 0.717) is 17.5 Å². The van der Waals surface area contributed by atoms with E-state index in [-0.39, 0.29) is 5.41 Å². The fourth-order valence-electron chi connectivity index (χ4n) is 9.20. The number of hydrogen-bond donors (Lipinski definition) is 0.